The number of rotatable bonds is 5. The Bertz CT molecular complexity index is 1230. The summed E-state index contributed by atoms with van der Waals surface area (Å²) in [6.45, 7) is 6.31. The van der Waals surface area contributed by atoms with Gasteiger partial charge in [0.1, 0.15) is 23.1 Å². The lowest BCUT2D eigenvalue weighted by atomic mass is 9.84. The van der Waals surface area contributed by atoms with Gasteiger partial charge in [-0.2, -0.15) is 0 Å². The molecular formula is C29H31F2N3O2. The number of carbonyl (C=O) groups excluding carboxylic acids is 1. The summed E-state index contributed by atoms with van der Waals surface area (Å²) < 4.78 is 32.3. The number of ether oxygens (including phenoxy) is 1. The van der Waals surface area contributed by atoms with Gasteiger partial charge >= 0.3 is 0 Å². The minimum absolute atomic E-state index is 0.0595. The number of hydrogen-bond acceptors (Lipinski definition) is 4. The molecule has 1 aliphatic heterocycles. The molecule has 1 aliphatic carbocycles. The predicted octanol–water partition coefficient (Wildman–Crippen LogP) is 5.10. The number of fused-ring (bicyclic) bond motifs is 1. The molecule has 5 nitrogen and oxygen atoms in total. The molecule has 3 aromatic rings. The van der Waals surface area contributed by atoms with Crippen molar-refractivity contribution < 1.29 is 18.3 Å². The van der Waals surface area contributed by atoms with Crippen LogP contribution in [0.2, 0.25) is 0 Å². The van der Waals surface area contributed by atoms with Crippen LogP contribution in [0.3, 0.4) is 0 Å². The first-order valence-corrected chi connectivity index (χ1v) is 12.5. The normalized spacial score (nSPS) is 18.0. The van der Waals surface area contributed by atoms with Crippen LogP contribution in [0, 0.1) is 18.6 Å². The minimum atomic E-state index is -0.707. The Kier molecular flexibility index (Phi) is 6.92. The Balaban J connectivity index is 1.26. The SMILES string of the molecule is Cc1ccc(N2CCN(C)CC2)c2c1CC[C@H](NC(=O)c1ccc(Oc3cc(F)cc(F)c3)cc1)C2. The first kappa shape index (κ1) is 24.3. The highest BCUT2D eigenvalue weighted by atomic mass is 19.1. The zero-order chi connectivity index (χ0) is 25.2. The first-order valence-electron chi connectivity index (χ1n) is 12.5. The topological polar surface area (TPSA) is 44.8 Å². The number of aryl methyl sites for hydroxylation is 1. The standard InChI is InChI=1S/C29H31F2N3O2/c1-19-3-10-28(34-13-11-33(2)12-14-34)27-18-23(6-9-26(19)27)32-29(35)20-4-7-24(8-5-20)36-25-16-21(30)15-22(31)17-25/h3-5,7-8,10,15-17,23H,6,9,11-14,18H2,1-2H3,(H,32,35)/t23-/m0/s1. The van der Waals surface area contributed by atoms with Crippen LogP contribution >= 0.6 is 0 Å². The van der Waals surface area contributed by atoms with Gasteiger partial charge in [0.2, 0.25) is 0 Å². The molecule has 0 saturated carbocycles. The Morgan fingerprint density at radius 2 is 1.61 bits per heavy atom. The molecule has 5 rings (SSSR count). The van der Waals surface area contributed by atoms with E-state index in [-0.39, 0.29) is 17.7 Å². The monoisotopic (exact) mass is 491 g/mol. The average Bonchev–Trinajstić information content (AvgIpc) is 2.85. The van der Waals surface area contributed by atoms with E-state index in [1.54, 1.807) is 24.3 Å². The van der Waals surface area contributed by atoms with Crippen molar-refractivity contribution in [1.82, 2.24) is 10.2 Å². The van der Waals surface area contributed by atoms with Crippen molar-refractivity contribution in [2.45, 2.75) is 32.2 Å². The zero-order valence-corrected chi connectivity index (χ0v) is 20.7. The van der Waals surface area contributed by atoms with E-state index in [1.807, 2.05) is 0 Å². The van der Waals surface area contributed by atoms with E-state index < -0.39 is 11.6 Å². The summed E-state index contributed by atoms with van der Waals surface area (Å²) >= 11 is 0. The van der Waals surface area contributed by atoms with Gasteiger partial charge in [-0.05, 0) is 80.3 Å². The molecule has 3 aromatic carbocycles. The van der Waals surface area contributed by atoms with Crippen LogP contribution in [0.4, 0.5) is 14.5 Å². The van der Waals surface area contributed by atoms with Gasteiger partial charge in [-0.15, -0.1) is 0 Å². The number of nitrogens with zero attached hydrogens (tertiary/aromatic N) is 2. The maximum Gasteiger partial charge on any atom is 0.251 e. The molecule has 1 N–H and O–H groups in total. The van der Waals surface area contributed by atoms with Crippen LogP contribution in [-0.4, -0.2) is 50.1 Å². The van der Waals surface area contributed by atoms with E-state index in [2.05, 4.69) is 41.2 Å². The number of anilines is 1. The van der Waals surface area contributed by atoms with Gasteiger partial charge in [0.25, 0.3) is 5.91 Å². The number of nitrogens with one attached hydrogen (secondary N) is 1. The van der Waals surface area contributed by atoms with Crippen LogP contribution < -0.4 is 15.0 Å². The predicted molar refractivity (Wildman–Crippen MR) is 137 cm³/mol. The largest absolute Gasteiger partial charge is 0.457 e. The quantitative estimate of drug-likeness (QED) is 0.539. The molecule has 1 amide bonds. The maximum atomic E-state index is 13.4. The van der Waals surface area contributed by atoms with E-state index in [0.29, 0.717) is 11.3 Å². The highest BCUT2D eigenvalue weighted by molar-refractivity contribution is 5.94. The number of amides is 1. The van der Waals surface area contributed by atoms with Gasteiger partial charge < -0.3 is 19.9 Å². The molecule has 1 atom stereocenters. The minimum Gasteiger partial charge on any atom is -0.457 e. The lowest BCUT2D eigenvalue weighted by molar-refractivity contribution is 0.0933. The highest BCUT2D eigenvalue weighted by Crippen LogP contribution is 2.33. The second kappa shape index (κ2) is 10.3. The maximum absolute atomic E-state index is 13.4. The van der Waals surface area contributed by atoms with Crippen molar-refractivity contribution in [3.63, 3.8) is 0 Å². The van der Waals surface area contributed by atoms with Crippen LogP contribution in [0.15, 0.2) is 54.6 Å². The molecule has 2 aliphatic rings. The van der Waals surface area contributed by atoms with Gasteiger partial charge in [0.05, 0.1) is 0 Å². The smallest absolute Gasteiger partial charge is 0.251 e. The number of hydrogen-bond donors (Lipinski definition) is 1. The summed E-state index contributed by atoms with van der Waals surface area (Å²) in [7, 11) is 2.16. The third-order valence-electron chi connectivity index (χ3n) is 7.20. The molecule has 36 heavy (non-hydrogen) atoms. The zero-order valence-electron chi connectivity index (χ0n) is 20.7. The summed E-state index contributed by atoms with van der Waals surface area (Å²) in [5.74, 6) is -1.09. The van der Waals surface area contributed by atoms with Crippen LogP contribution in [0.1, 0.15) is 33.5 Å². The van der Waals surface area contributed by atoms with Gasteiger partial charge in [-0.3, -0.25) is 4.79 Å². The Morgan fingerprint density at radius 1 is 0.917 bits per heavy atom. The van der Waals surface area contributed by atoms with Gasteiger partial charge in [0, 0.05) is 61.7 Å². The summed E-state index contributed by atoms with van der Waals surface area (Å²) in [4.78, 5) is 17.8. The Morgan fingerprint density at radius 3 is 2.31 bits per heavy atom. The van der Waals surface area contributed by atoms with E-state index >= 15 is 0 Å². The third-order valence-corrected chi connectivity index (χ3v) is 7.20. The average molecular weight is 492 g/mol. The van der Waals surface area contributed by atoms with Crippen molar-refractivity contribution in [2.24, 2.45) is 0 Å². The van der Waals surface area contributed by atoms with E-state index in [1.165, 1.54) is 22.4 Å². The molecule has 0 unspecified atom stereocenters. The third kappa shape index (κ3) is 5.36. The Labute approximate surface area is 210 Å². The number of carbonyl (C=O) groups is 1. The summed E-state index contributed by atoms with van der Waals surface area (Å²) in [6.07, 6.45) is 2.67. The molecule has 1 heterocycles. The van der Waals surface area contributed by atoms with Crippen molar-refractivity contribution in [3.05, 3.63) is 88.5 Å². The number of halogens is 2. The summed E-state index contributed by atoms with van der Waals surface area (Å²) in [5, 5.41) is 3.21. The Hall–Kier alpha value is -3.45. The second-order valence-electron chi connectivity index (χ2n) is 9.79. The van der Waals surface area contributed by atoms with E-state index in [9.17, 15) is 13.6 Å². The summed E-state index contributed by atoms with van der Waals surface area (Å²) in [6, 6.07) is 14.1. The lowest BCUT2D eigenvalue weighted by Crippen LogP contribution is -2.45. The molecule has 0 bridgehead atoms. The van der Waals surface area contributed by atoms with Crippen molar-refractivity contribution in [2.75, 3.05) is 38.1 Å². The fraction of sp³-hybridized carbons (Fsp3) is 0.345. The fourth-order valence-electron chi connectivity index (χ4n) is 5.17. The van der Waals surface area contributed by atoms with Crippen molar-refractivity contribution in [3.8, 4) is 11.5 Å². The number of benzene rings is 3. The molecule has 188 valence electrons. The van der Waals surface area contributed by atoms with Gasteiger partial charge in [-0.1, -0.05) is 6.07 Å². The number of piperazine rings is 1. The molecule has 0 radical (unpaired) electrons. The van der Waals surface area contributed by atoms with E-state index in [0.717, 1.165) is 63.6 Å². The van der Waals surface area contributed by atoms with E-state index in [4.69, 9.17) is 4.74 Å². The van der Waals surface area contributed by atoms with Crippen LogP contribution in [0.5, 0.6) is 11.5 Å². The number of likely N-dealkylation sites (N-methyl/N-ethyl adjacent to an activating group) is 1. The molecule has 0 spiro atoms. The molecule has 7 heteroatoms. The summed E-state index contributed by atoms with van der Waals surface area (Å²) in [5.41, 5.74) is 5.93. The van der Waals surface area contributed by atoms with Crippen molar-refractivity contribution >= 4 is 11.6 Å². The second-order valence-corrected chi connectivity index (χ2v) is 9.79. The lowest BCUT2D eigenvalue weighted by Gasteiger charge is -2.37. The van der Waals surface area contributed by atoms with Crippen molar-refractivity contribution in [1.29, 1.82) is 0 Å². The molecule has 0 aromatic heterocycles. The van der Waals surface area contributed by atoms with Gasteiger partial charge in [0.15, 0.2) is 0 Å². The van der Waals surface area contributed by atoms with Crippen LogP contribution in [0.25, 0.3) is 0 Å². The highest BCUT2D eigenvalue weighted by Gasteiger charge is 2.27. The molecular weight excluding hydrogens is 460 g/mol. The molecule has 1 saturated heterocycles. The molecule has 1 fully saturated rings. The fourth-order valence-corrected chi connectivity index (χ4v) is 5.17. The van der Waals surface area contributed by atoms with Gasteiger partial charge in [-0.25, -0.2) is 8.78 Å². The first-order chi connectivity index (χ1) is 17.4. The van der Waals surface area contributed by atoms with Crippen LogP contribution in [-0.2, 0) is 12.8 Å².